The van der Waals surface area contributed by atoms with Gasteiger partial charge in [-0.15, -0.1) is 0 Å². The molecule has 140 valence electrons. The summed E-state index contributed by atoms with van der Waals surface area (Å²) in [4.78, 5) is 15.1. The molecule has 4 nitrogen and oxygen atoms in total. The van der Waals surface area contributed by atoms with Gasteiger partial charge in [0.25, 0.3) is 0 Å². The first kappa shape index (κ1) is 18.9. The van der Waals surface area contributed by atoms with Gasteiger partial charge in [-0.1, -0.05) is 60.7 Å². The van der Waals surface area contributed by atoms with Crippen molar-refractivity contribution in [2.24, 2.45) is 7.05 Å². The third-order valence-electron chi connectivity index (χ3n) is 5.07. The second-order valence-corrected chi connectivity index (χ2v) is 6.99. The van der Waals surface area contributed by atoms with Crippen LogP contribution in [0.1, 0.15) is 28.1 Å². The van der Waals surface area contributed by atoms with Crippen LogP contribution in [0.25, 0.3) is 0 Å². The number of nitrogens with zero attached hydrogens (tertiary/aromatic N) is 3. The minimum Gasteiger partial charge on any atom is -0.338 e. The van der Waals surface area contributed by atoms with Crippen molar-refractivity contribution < 1.29 is 4.79 Å². The summed E-state index contributed by atoms with van der Waals surface area (Å²) in [7, 11) is 1.92. The van der Waals surface area contributed by atoms with E-state index >= 15 is 0 Å². The van der Waals surface area contributed by atoms with E-state index in [9.17, 15) is 4.79 Å². The van der Waals surface area contributed by atoms with Gasteiger partial charge < -0.3 is 4.90 Å². The van der Waals surface area contributed by atoms with Crippen molar-refractivity contribution in [3.8, 4) is 0 Å². The van der Waals surface area contributed by atoms with Crippen molar-refractivity contribution in [3.05, 3.63) is 88.7 Å². The van der Waals surface area contributed by atoms with Crippen molar-refractivity contribution in [1.82, 2.24) is 14.7 Å². The molecule has 1 aromatic heterocycles. The van der Waals surface area contributed by atoms with Crippen molar-refractivity contribution >= 4 is 5.91 Å². The molecular formula is C23H27N3O. The number of rotatable bonds is 7. The van der Waals surface area contributed by atoms with Crippen molar-refractivity contribution in [2.75, 3.05) is 6.54 Å². The van der Waals surface area contributed by atoms with E-state index in [1.807, 2.05) is 66.9 Å². The molecular weight excluding hydrogens is 334 g/mol. The first-order chi connectivity index (χ1) is 13.0. The highest BCUT2D eigenvalue weighted by atomic mass is 16.2. The molecule has 3 rings (SSSR count). The number of hydrogen-bond donors (Lipinski definition) is 0. The Morgan fingerprint density at radius 1 is 0.963 bits per heavy atom. The second kappa shape index (κ2) is 8.67. The lowest BCUT2D eigenvalue weighted by molar-refractivity contribution is -0.131. The molecule has 0 N–H and O–H groups in total. The molecule has 3 aromatic rings. The molecule has 0 radical (unpaired) electrons. The molecule has 0 aliphatic carbocycles. The molecule has 0 saturated heterocycles. The van der Waals surface area contributed by atoms with E-state index in [4.69, 9.17) is 0 Å². The number of aromatic nitrogens is 2. The third-order valence-corrected chi connectivity index (χ3v) is 5.07. The van der Waals surface area contributed by atoms with Crippen LogP contribution in [-0.2, 0) is 31.2 Å². The zero-order chi connectivity index (χ0) is 19.2. The largest absolute Gasteiger partial charge is 0.338 e. The molecule has 0 spiro atoms. The number of hydrogen-bond acceptors (Lipinski definition) is 2. The van der Waals surface area contributed by atoms with E-state index in [1.165, 1.54) is 5.56 Å². The van der Waals surface area contributed by atoms with Gasteiger partial charge in [0, 0.05) is 31.4 Å². The molecule has 0 saturated carbocycles. The molecule has 1 amide bonds. The quantitative estimate of drug-likeness (QED) is 0.641. The topological polar surface area (TPSA) is 38.1 Å². The van der Waals surface area contributed by atoms with Gasteiger partial charge in [-0.05, 0) is 31.4 Å². The zero-order valence-corrected chi connectivity index (χ0v) is 16.4. The second-order valence-electron chi connectivity index (χ2n) is 6.99. The maximum atomic E-state index is 13.1. The van der Waals surface area contributed by atoms with E-state index in [0.29, 0.717) is 19.5 Å². The highest BCUT2D eigenvalue weighted by Gasteiger charge is 2.19. The maximum absolute atomic E-state index is 13.1. The molecule has 4 heteroatoms. The fourth-order valence-electron chi connectivity index (χ4n) is 3.34. The van der Waals surface area contributed by atoms with Gasteiger partial charge in [0.2, 0.25) is 5.91 Å². The molecule has 0 atom stereocenters. The van der Waals surface area contributed by atoms with Crippen LogP contribution >= 0.6 is 0 Å². The average molecular weight is 361 g/mol. The predicted octanol–water partition coefficient (Wildman–Crippen LogP) is 3.85. The number of carbonyl (C=O) groups excluding carboxylic acids is 1. The Kier molecular flexibility index (Phi) is 6.07. The summed E-state index contributed by atoms with van der Waals surface area (Å²) >= 11 is 0. The van der Waals surface area contributed by atoms with Gasteiger partial charge in [0.1, 0.15) is 0 Å². The fraction of sp³-hybridized carbons (Fsp3) is 0.304. The number of carbonyl (C=O) groups is 1. The smallest absolute Gasteiger partial charge is 0.227 e. The minimum atomic E-state index is 0.147. The van der Waals surface area contributed by atoms with Crippen LogP contribution < -0.4 is 0 Å². The lowest BCUT2D eigenvalue weighted by Gasteiger charge is -2.23. The summed E-state index contributed by atoms with van der Waals surface area (Å²) < 4.78 is 1.85. The van der Waals surface area contributed by atoms with E-state index in [0.717, 1.165) is 28.9 Å². The minimum absolute atomic E-state index is 0.147. The summed E-state index contributed by atoms with van der Waals surface area (Å²) in [6.07, 6.45) is 1.25. The SMILES string of the molecule is Cc1nn(C)c(C)c1CC(=O)N(CCc1ccccc1)Cc1ccccc1. The Bertz CT molecular complexity index is 885. The fourth-order valence-corrected chi connectivity index (χ4v) is 3.34. The first-order valence-corrected chi connectivity index (χ1v) is 9.39. The van der Waals surface area contributed by atoms with Crippen LogP contribution in [0.3, 0.4) is 0 Å². The van der Waals surface area contributed by atoms with Gasteiger partial charge >= 0.3 is 0 Å². The lowest BCUT2D eigenvalue weighted by atomic mass is 10.1. The average Bonchev–Trinajstić information content (AvgIpc) is 2.92. The van der Waals surface area contributed by atoms with E-state index in [1.54, 1.807) is 0 Å². The first-order valence-electron chi connectivity index (χ1n) is 9.39. The number of aryl methyl sites for hydroxylation is 2. The molecule has 2 aromatic carbocycles. The van der Waals surface area contributed by atoms with E-state index < -0.39 is 0 Å². The standard InChI is InChI=1S/C23H27N3O/c1-18-22(19(2)25(3)24-18)16-23(27)26(17-21-12-8-5-9-13-21)15-14-20-10-6-4-7-11-20/h4-13H,14-17H2,1-3H3. The van der Waals surface area contributed by atoms with Gasteiger partial charge in [-0.3, -0.25) is 9.48 Å². The monoisotopic (exact) mass is 361 g/mol. The van der Waals surface area contributed by atoms with Gasteiger partial charge in [0.15, 0.2) is 0 Å². The molecule has 1 heterocycles. The normalized spacial score (nSPS) is 10.8. The number of benzene rings is 2. The summed E-state index contributed by atoms with van der Waals surface area (Å²) in [5, 5.41) is 4.45. The van der Waals surface area contributed by atoms with Crippen LogP contribution in [0.4, 0.5) is 0 Å². The van der Waals surface area contributed by atoms with E-state index in [2.05, 4.69) is 29.4 Å². The molecule has 27 heavy (non-hydrogen) atoms. The van der Waals surface area contributed by atoms with E-state index in [-0.39, 0.29) is 5.91 Å². The Morgan fingerprint density at radius 2 is 1.56 bits per heavy atom. The van der Waals surface area contributed by atoms with Crippen molar-refractivity contribution in [3.63, 3.8) is 0 Å². The summed E-state index contributed by atoms with van der Waals surface area (Å²) in [6, 6.07) is 20.5. The van der Waals surface area contributed by atoms with Crippen LogP contribution in [0.15, 0.2) is 60.7 Å². The molecule has 0 aliphatic rings. The van der Waals surface area contributed by atoms with Gasteiger partial charge in [-0.25, -0.2) is 0 Å². The van der Waals surface area contributed by atoms with Crippen molar-refractivity contribution in [2.45, 2.75) is 33.2 Å². The summed E-state index contributed by atoms with van der Waals surface area (Å²) in [5.74, 6) is 0.147. The maximum Gasteiger partial charge on any atom is 0.227 e. The highest BCUT2D eigenvalue weighted by Crippen LogP contribution is 2.15. The Hall–Kier alpha value is -2.88. The molecule has 0 unspecified atom stereocenters. The van der Waals surface area contributed by atoms with Gasteiger partial charge in [0.05, 0.1) is 12.1 Å². The summed E-state index contributed by atoms with van der Waals surface area (Å²) in [5.41, 5.74) is 5.44. The molecule has 0 bridgehead atoms. The zero-order valence-electron chi connectivity index (χ0n) is 16.4. The Balaban J connectivity index is 1.76. The Morgan fingerprint density at radius 3 is 2.11 bits per heavy atom. The van der Waals surface area contributed by atoms with Crippen LogP contribution in [-0.4, -0.2) is 27.1 Å². The van der Waals surface area contributed by atoms with Gasteiger partial charge in [-0.2, -0.15) is 5.10 Å². The third kappa shape index (κ3) is 4.85. The molecule has 0 fully saturated rings. The Labute approximate surface area is 161 Å². The predicted molar refractivity (Wildman–Crippen MR) is 108 cm³/mol. The van der Waals surface area contributed by atoms with Crippen molar-refractivity contribution in [1.29, 1.82) is 0 Å². The van der Waals surface area contributed by atoms with Crippen LogP contribution in [0.5, 0.6) is 0 Å². The van der Waals surface area contributed by atoms with Crippen LogP contribution in [0.2, 0.25) is 0 Å². The van der Waals surface area contributed by atoms with Crippen LogP contribution in [0, 0.1) is 13.8 Å². The lowest BCUT2D eigenvalue weighted by Crippen LogP contribution is -2.34. The highest BCUT2D eigenvalue weighted by molar-refractivity contribution is 5.79. The number of amides is 1. The summed E-state index contributed by atoms with van der Waals surface area (Å²) in [6.45, 7) is 5.33. The molecule has 0 aliphatic heterocycles.